The molecule has 23 heavy (non-hydrogen) atoms. The molecule has 0 atom stereocenters. The Morgan fingerprint density at radius 1 is 0.870 bits per heavy atom. The van der Waals surface area contributed by atoms with Gasteiger partial charge in [-0.3, -0.25) is 4.79 Å². The molecule has 1 rings (SSSR count). The number of ether oxygens (including phenoxy) is 1. The zero-order chi connectivity index (χ0) is 18.2. The Morgan fingerprint density at radius 2 is 1.26 bits per heavy atom. The second-order valence-corrected chi connectivity index (χ2v) is 8.83. The van der Waals surface area contributed by atoms with Gasteiger partial charge in [0.25, 0.3) is 0 Å². The van der Waals surface area contributed by atoms with Crippen LogP contribution in [0, 0.1) is 12.0 Å². The number of benzene rings is 1. The molecule has 2 nitrogen and oxygen atoms in total. The van der Waals surface area contributed by atoms with Gasteiger partial charge in [0, 0.05) is 0 Å². The quantitative estimate of drug-likeness (QED) is 0.708. The second-order valence-electron chi connectivity index (χ2n) is 8.83. The van der Waals surface area contributed by atoms with Crippen molar-refractivity contribution in [2.45, 2.75) is 66.2 Å². The molecule has 0 aromatic heterocycles. The number of methoxy groups -OCH3 is 1. The minimum atomic E-state index is -0.861. The van der Waals surface area contributed by atoms with Crippen molar-refractivity contribution >= 4 is 11.5 Å². The van der Waals surface area contributed by atoms with Crippen LogP contribution < -0.4 is 0 Å². The van der Waals surface area contributed by atoms with E-state index in [2.05, 4.69) is 59.7 Å². The van der Waals surface area contributed by atoms with Gasteiger partial charge in [0.2, 0.25) is 0 Å². The van der Waals surface area contributed by atoms with Crippen LogP contribution in [0.1, 0.15) is 72.1 Å². The van der Waals surface area contributed by atoms with E-state index in [0.29, 0.717) is 5.57 Å². The highest BCUT2D eigenvalue weighted by Crippen LogP contribution is 2.38. The van der Waals surface area contributed by atoms with Crippen LogP contribution in [-0.4, -0.2) is 13.1 Å². The van der Waals surface area contributed by atoms with Gasteiger partial charge in [-0.05, 0) is 46.9 Å². The maximum absolute atomic E-state index is 12.1. The van der Waals surface area contributed by atoms with E-state index in [-0.39, 0.29) is 16.8 Å². The van der Waals surface area contributed by atoms with E-state index >= 15 is 0 Å². The van der Waals surface area contributed by atoms with Crippen molar-refractivity contribution in [1.29, 1.82) is 0 Å². The molecule has 2 heteroatoms. The molecule has 0 amide bonds. The number of esters is 1. The summed E-state index contributed by atoms with van der Waals surface area (Å²) in [5.74, 6) is -0.325. The molecule has 0 aliphatic heterocycles. The van der Waals surface area contributed by atoms with E-state index in [4.69, 9.17) is 11.3 Å². The topological polar surface area (TPSA) is 26.3 Å². The highest BCUT2D eigenvalue weighted by Gasteiger charge is 2.34. The van der Waals surface area contributed by atoms with Gasteiger partial charge in [-0.1, -0.05) is 66.3 Å². The van der Waals surface area contributed by atoms with E-state index < -0.39 is 5.41 Å². The summed E-state index contributed by atoms with van der Waals surface area (Å²) in [5, 5.41) is 0. The van der Waals surface area contributed by atoms with Crippen LogP contribution in [0.2, 0.25) is 0 Å². The SMILES string of the molecule is [CH]=C(c1cc(C(C)(C)C)cc(C(C)(C)C)c1)C(C)(C)C(=O)OC. The summed E-state index contributed by atoms with van der Waals surface area (Å²) in [6.45, 7) is 23.1. The number of hydrogen-bond donors (Lipinski definition) is 0. The second kappa shape index (κ2) is 6.14. The van der Waals surface area contributed by atoms with Gasteiger partial charge < -0.3 is 4.74 Å². The Morgan fingerprint density at radius 3 is 1.57 bits per heavy atom. The lowest BCUT2D eigenvalue weighted by Gasteiger charge is -2.29. The summed E-state index contributed by atoms with van der Waals surface area (Å²) in [7, 11) is 1.39. The molecule has 0 aliphatic carbocycles. The van der Waals surface area contributed by atoms with Crippen LogP contribution in [0.3, 0.4) is 0 Å². The van der Waals surface area contributed by atoms with Crippen molar-refractivity contribution in [3.8, 4) is 0 Å². The maximum atomic E-state index is 12.1. The molecule has 1 aromatic rings. The van der Waals surface area contributed by atoms with E-state index in [1.54, 1.807) is 13.8 Å². The first-order valence-corrected chi connectivity index (χ1v) is 8.09. The van der Waals surface area contributed by atoms with Gasteiger partial charge in [0.05, 0.1) is 12.5 Å². The van der Waals surface area contributed by atoms with Crippen molar-refractivity contribution in [3.63, 3.8) is 0 Å². The number of rotatable bonds is 3. The van der Waals surface area contributed by atoms with Gasteiger partial charge in [0.1, 0.15) is 0 Å². The van der Waals surface area contributed by atoms with E-state index in [1.165, 1.54) is 18.2 Å². The third-order valence-corrected chi connectivity index (χ3v) is 4.35. The molecule has 0 saturated heterocycles. The molecule has 127 valence electrons. The lowest BCUT2D eigenvalue weighted by Crippen LogP contribution is -2.27. The van der Waals surface area contributed by atoms with Crippen LogP contribution in [0.15, 0.2) is 18.2 Å². The molecule has 1 radical (unpaired) electrons. The summed E-state index contributed by atoms with van der Waals surface area (Å²) >= 11 is 0. The summed E-state index contributed by atoms with van der Waals surface area (Å²) in [4.78, 5) is 12.1. The predicted molar refractivity (Wildman–Crippen MR) is 97.3 cm³/mol. The average Bonchev–Trinajstić information content (AvgIpc) is 2.43. The van der Waals surface area contributed by atoms with Crippen LogP contribution in [0.5, 0.6) is 0 Å². The van der Waals surface area contributed by atoms with Crippen molar-refractivity contribution in [3.05, 3.63) is 41.5 Å². The minimum absolute atomic E-state index is 0.00565. The minimum Gasteiger partial charge on any atom is -0.468 e. The zero-order valence-electron chi connectivity index (χ0n) is 16.1. The van der Waals surface area contributed by atoms with Gasteiger partial charge in [-0.15, -0.1) is 0 Å². The lowest BCUT2D eigenvalue weighted by atomic mass is 9.75. The molecule has 0 bridgehead atoms. The first-order chi connectivity index (χ1) is 10.2. The fourth-order valence-electron chi connectivity index (χ4n) is 2.38. The van der Waals surface area contributed by atoms with Crippen molar-refractivity contribution in [2.24, 2.45) is 5.41 Å². The van der Waals surface area contributed by atoms with Crippen LogP contribution in [-0.2, 0) is 20.4 Å². The highest BCUT2D eigenvalue weighted by atomic mass is 16.5. The monoisotopic (exact) mass is 315 g/mol. The molecule has 1 aromatic carbocycles. The third-order valence-electron chi connectivity index (χ3n) is 4.35. The smallest absolute Gasteiger partial charge is 0.315 e. The zero-order valence-corrected chi connectivity index (χ0v) is 16.1. The first kappa shape index (κ1) is 19.5. The van der Waals surface area contributed by atoms with Crippen LogP contribution in [0.25, 0.3) is 5.57 Å². The standard InChI is InChI=1S/C21H31O2/c1-14(21(8,9)18(22)23-10)15-11-16(19(2,3)4)13-17(12-15)20(5,6)7/h1,11-13H,2-10H3. The lowest BCUT2D eigenvalue weighted by molar-refractivity contribution is -0.147. The molecule has 0 unspecified atom stereocenters. The molecule has 0 N–H and O–H groups in total. The number of carbonyl (C=O) groups excluding carboxylic acids is 1. The summed E-state index contributed by atoms with van der Waals surface area (Å²) in [6.07, 6.45) is 0. The summed E-state index contributed by atoms with van der Waals surface area (Å²) < 4.78 is 4.91. The van der Waals surface area contributed by atoms with Crippen molar-refractivity contribution in [1.82, 2.24) is 0 Å². The molecule has 0 spiro atoms. The van der Waals surface area contributed by atoms with Crippen molar-refractivity contribution < 1.29 is 9.53 Å². The van der Waals surface area contributed by atoms with E-state index in [1.807, 2.05) is 0 Å². The maximum Gasteiger partial charge on any atom is 0.315 e. The van der Waals surface area contributed by atoms with Gasteiger partial charge in [0.15, 0.2) is 0 Å². The Balaban J connectivity index is 3.53. The fourth-order valence-corrected chi connectivity index (χ4v) is 2.38. The predicted octanol–water partition coefficient (Wildman–Crippen LogP) is 5.30. The molecule has 0 heterocycles. The molecular weight excluding hydrogens is 284 g/mol. The highest BCUT2D eigenvalue weighted by molar-refractivity contribution is 5.91. The Bertz CT molecular complexity index is 575. The number of hydrogen-bond acceptors (Lipinski definition) is 2. The Kier molecular flexibility index (Phi) is 5.20. The summed E-state index contributed by atoms with van der Waals surface area (Å²) in [5.41, 5.74) is 3.02. The van der Waals surface area contributed by atoms with Crippen molar-refractivity contribution in [2.75, 3.05) is 7.11 Å². The van der Waals surface area contributed by atoms with Crippen LogP contribution >= 0.6 is 0 Å². The van der Waals surface area contributed by atoms with Crippen LogP contribution in [0.4, 0.5) is 0 Å². The van der Waals surface area contributed by atoms with E-state index in [0.717, 1.165) is 5.56 Å². The normalized spacial score (nSPS) is 12.9. The Hall–Kier alpha value is -1.57. The molecule has 0 saturated carbocycles. The van der Waals surface area contributed by atoms with E-state index in [9.17, 15) is 4.79 Å². The number of carbonyl (C=O) groups is 1. The fraction of sp³-hybridized carbons (Fsp3) is 0.571. The van der Waals surface area contributed by atoms with Gasteiger partial charge in [-0.2, -0.15) is 0 Å². The molecule has 0 fully saturated rings. The third kappa shape index (κ3) is 4.25. The van der Waals surface area contributed by atoms with Gasteiger partial charge >= 0.3 is 5.97 Å². The molecule has 0 aliphatic rings. The first-order valence-electron chi connectivity index (χ1n) is 8.09. The Labute approximate surface area is 141 Å². The van der Waals surface area contributed by atoms with Gasteiger partial charge in [-0.25, -0.2) is 0 Å². The largest absolute Gasteiger partial charge is 0.468 e. The molecular formula is C21H31O2. The summed E-state index contributed by atoms with van der Waals surface area (Å²) in [6, 6.07) is 6.42. The average molecular weight is 315 g/mol.